The summed E-state index contributed by atoms with van der Waals surface area (Å²) in [4.78, 5) is 0. The Morgan fingerprint density at radius 2 is 1.31 bits per heavy atom. The standard InChI is InChI=1S/C26H56OSi2/c1-9-12-13-14-15-16-17-18-19-20-22-29(27-25(5)28(6,7)8)23-26(29,21-10-2)24(4)11-3/h24-25H,9-23H2,1-8H3/t24-,25?,26?,29?/m0/s1. The van der Waals surface area contributed by atoms with Crippen molar-refractivity contribution in [3.05, 3.63) is 0 Å². The van der Waals surface area contributed by atoms with Crippen LogP contribution in [0.2, 0.25) is 36.8 Å². The van der Waals surface area contributed by atoms with E-state index in [0.29, 0.717) is 10.8 Å². The number of hydrogen-bond acceptors (Lipinski definition) is 1. The van der Waals surface area contributed by atoms with Crippen LogP contribution in [0.25, 0.3) is 0 Å². The van der Waals surface area contributed by atoms with Crippen molar-refractivity contribution in [2.75, 3.05) is 0 Å². The van der Waals surface area contributed by atoms with E-state index >= 15 is 0 Å². The molecule has 1 aliphatic heterocycles. The smallest absolute Gasteiger partial charge is 0.199 e. The second-order valence-electron chi connectivity index (χ2n) is 11.4. The largest absolute Gasteiger partial charge is 0.417 e. The molecule has 0 bridgehead atoms. The highest BCUT2D eigenvalue weighted by molar-refractivity contribution is 6.89. The third-order valence-electron chi connectivity index (χ3n) is 8.19. The highest BCUT2D eigenvalue weighted by Gasteiger charge is 2.72. The zero-order valence-corrected chi connectivity index (χ0v) is 23.7. The van der Waals surface area contributed by atoms with Gasteiger partial charge < -0.3 is 4.43 Å². The molecule has 1 aliphatic rings. The Morgan fingerprint density at radius 1 is 0.793 bits per heavy atom. The van der Waals surface area contributed by atoms with Crippen molar-refractivity contribution in [3.8, 4) is 0 Å². The zero-order valence-electron chi connectivity index (χ0n) is 21.7. The van der Waals surface area contributed by atoms with Crippen LogP contribution in [0.3, 0.4) is 0 Å². The van der Waals surface area contributed by atoms with Gasteiger partial charge in [-0.1, -0.05) is 124 Å². The second kappa shape index (κ2) is 13.1. The lowest BCUT2D eigenvalue weighted by Gasteiger charge is -2.35. The van der Waals surface area contributed by atoms with Gasteiger partial charge in [0.15, 0.2) is 8.32 Å². The lowest BCUT2D eigenvalue weighted by Crippen LogP contribution is -2.44. The Bertz CT molecular complexity index is 433. The van der Waals surface area contributed by atoms with Gasteiger partial charge in [-0.05, 0) is 36.4 Å². The van der Waals surface area contributed by atoms with Crippen molar-refractivity contribution in [1.82, 2.24) is 0 Å². The van der Waals surface area contributed by atoms with Crippen LogP contribution in [-0.4, -0.2) is 22.1 Å². The van der Waals surface area contributed by atoms with Crippen molar-refractivity contribution in [1.29, 1.82) is 0 Å². The van der Waals surface area contributed by atoms with Gasteiger partial charge in [0.25, 0.3) is 0 Å². The molecule has 0 aromatic heterocycles. The average molecular weight is 441 g/mol. The molecule has 174 valence electrons. The molecule has 0 N–H and O–H groups in total. The average Bonchev–Trinajstić information content (AvgIpc) is 3.29. The second-order valence-corrected chi connectivity index (χ2v) is 21.1. The highest BCUT2D eigenvalue weighted by atomic mass is 28.4. The van der Waals surface area contributed by atoms with Gasteiger partial charge >= 0.3 is 0 Å². The Morgan fingerprint density at radius 3 is 1.76 bits per heavy atom. The van der Waals surface area contributed by atoms with E-state index < -0.39 is 16.4 Å². The molecule has 1 saturated heterocycles. The topological polar surface area (TPSA) is 9.23 Å². The van der Waals surface area contributed by atoms with E-state index in [1.807, 2.05) is 0 Å². The Kier molecular flexibility index (Phi) is 12.4. The SMILES string of the molecule is CCCCCCCCCCCC[Si]1(OC(C)[Si](C)(C)C)CC1(CCC)[C@@H](C)CC. The van der Waals surface area contributed by atoms with E-state index in [-0.39, 0.29) is 0 Å². The van der Waals surface area contributed by atoms with Crippen molar-refractivity contribution in [2.45, 2.75) is 161 Å². The summed E-state index contributed by atoms with van der Waals surface area (Å²) >= 11 is 0. The monoisotopic (exact) mass is 440 g/mol. The number of hydrogen-bond donors (Lipinski definition) is 0. The molecule has 0 amide bonds. The Balaban J connectivity index is 2.53. The molecule has 3 heteroatoms. The summed E-state index contributed by atoms with van der Waals surface area (Å²) in [5.41, 5.74) is 0.528. The van der Waals surface area contributed by atoms with Gasteiger partial charge in [0.05, 0.1) is 8.07 Å². The quantitative estimate of drug-likeness (QED) is 0.152. The van der Waals surface area contributed by atoms with Gasteiger partial charge in [0, 0.05) is 5.73 Å². The maximum Gasteiger partial charge on any atom is 0.199 e. The van der Waals surface area contributed by atoms with Crippen LogP contribution in [0.1, 0.15) is 118 Å². The lowest BCUT2D eigenvalue weighted by molar-refractivity contribution is 0.268. The minimum absolute atomic E-state index is 0.528. The van der Waals surface area contributed by atoms with Gasteiger partial charge in [-0.3, -0.25) is 0 Å². The normalized spacial score (nSPS) is 26.5. The van der Waals surface area contributed by atoms with Crippen LogP contribution in [0.4, 0.5) is 0 Å². The van der Waals surface area contributed by atoms with E-state index in [9.17, 15) is 0 Å². The fourth-order valence-electron chi connectivity index (χ4n) is 5.46. The maximum absolute atomic E-state index is 7.19. The van der Waals surface area contributed by atoms with E-state index in [1.54, 1.807) is 0 Å². The van der Waals surface area contributed by atoms with Gasteiger partial charge in [0.2, 0.25) is 0 Å². The fraction of sp³-hybridized carbons (Fsp3) is 1.00. The summed E-state index contributed by atoms with van der Waals surface area (Å²) in [7, 11) is -2.79. The predicted octanol–water partition coefficient (Wildman–Crippen LogP) is 9.74. The molecule has 1 fully saturated rings. The molecule has 4 atom stereocenters. The summed E-state index contributed by atoms with van der Waals surface area (Å²) in [6.07, 6.45) is 18.5. The Hall–Kier alpha value is 0.394. The molecular weight excluding hydrogens is 384 g/mol. The first-order valence-electron chi connectivity index (χ1n) is 13.4. The van der Waals surface area contributed by atoms with Crippen LogP contribution in [0.15, 0.2) is 0 Å². The van der Waals surface area contributed by atoms with E-state index in [0.717, 1.165) is 5.92 Å². The minimum Gasteiger partial charge on any atom is -0.417 e. The third kappa shape index (κ3) is 8.11. The maximum atomic E-state index is 7.19. The first kappa shape index (κ1) is 27.4. The van der Waals surface area contributed by atoms with Crippen LogP contribution in [0, 0.1) is 5.92 Å². The van der Waals surface area contributed by atoms with Crippen LogP contribution in [0.5, 0.6) is 0 Å². The summed E-state index contributed by atoms with van der Waals surface area (Å²) in [5, 5.41) is 0.601. The zero-order chi connectivity index (χ0) is 22.0. The lowest BCUT2D eigenvalue weighted by atomic mass is 9.90. The molecule has 0 saturated carbocycles. The van der Waals surface area contributed by atoms with Crippen LogP contribution in [-0.2, 0) is 4.43 Å². The van der Waals surface area contributed by atoms with Gasteiger partial charge in [-0.15, -0.1) is 0 Å². The highest BCUT2D eigenvalue weighted by Crippen LogP contribution is 2.73. The molecular formula is C26H56OSi2. The summed E-state index contributed by atoms with van der Waals surface area (Å²) in [6.45, 7) is 19.5. The van der Waals surface area contributed by atoms with Gasteiger partial charge in [-0.2, -0.15) is 0 Å². The number of rotatable bonds is 18. The predicted molar refractivity (Wildman–Crippen MR) is 138 cm³/mol. The first-order chi connectivity index (χ1) is 13.7. The van der Waals surface area contributed by atoms with Crippen LogP contribution < -0.4 is 0 Å². The van der Waals surface area contributed by atoms with Gasteiger partial charge in [-0.25, -0.2) is 0 Å². The molecule has 0 aromatic rings. The molecule has 1 rings (SSSR count). The first-order valence-corrected chi connectivity index (χ1v) is 19.3. The summed E-state index contributed by atoms with van der Waals surface area (Å²) in [5.74, 6) is 0.853. The minimum atomic E-state index is -1.57. The molecule has 29 heavy (non-hydrogen) atoms. The van der Waals surface area contributed by atoms with Crippen molar-refractivity contribution in [2.24, 2.45) is 5.92 Å². The van der Waals surface area contributed by atoms with E-state index in [4.69, 9.17) is 4.43 Å². The van der Waals surface area contributed by atoms with Crippen molar-refractivity contribution < 1.29 is 4.43 Å². The molecule has 1 heterocycles. The van der Waals surface area contributed by atoms with E-state index in [2.05, 4.69) is 54.3 Å². The molecule has 0 spiro atoms. The van der Waals surface area contributed by atoms with Crippen molar-refractivity contribution >= 4 is 16.4 Å². The Labute approximate surface area is 187 Å². The summed E-state index contributed by atoms with van der Waals surface area (Å²) in [6, 6.07) is 2.91. The van der Waals surface area contributed by atoms with Gasteiger partial charge in [0.1, 0.15) is 0 Å². The van der Waals surface area contributed by atoms with E-state index in [1.165, 1.54) is 95.6 Å². The third-order valence-corrected chi connectivity index (χ3v) is 16.5. The van der Waals surface area contributed by atoms with Crippen molar-refractivity contribution in [3.63, 3.8) is 0 Å². The molecule has 3 unspecified atom stereocenters. The summed E-state index contributed by atoms with van der Waals surface area (Å²) < 4.78 is 7.19. The van der Waals surface area contributed by atoms with Crippen LogP contribution >= 0.6 is 0 Å². The fourth-order valence-corrected chi connectivity index (χ4v) is 14.0. The number of unbranched alkanes of at least 4 members (excludes halogenated alkanes) is 9. The molecule has 0 aliphatic carbocycles. The molecule has 1 nitrogen and oxygen atoms in total. The molecule has 0 aromatic carbocycles. The molecule has 0 radical (unpaired) electrons.